The number of hydrogen-bond acceptors (Lipinski definition) is 5. The van der Waals surface area contributed by atoms with Crippen LogP contribution in [0.15, 0.2) is 47.1 Å². The van der Waals surface area contributed by atoms with E-state index in [2.05, 4.69) is 15.5 Å². The third-order valence-corrected chi connectivity index (χ3v) is 5.53. The molecule has 30 heavy (non-hydrogen) atoms. The van der Waals surface area contributed by atoms with Crippen LogP contribution in [0.2, 0.25) is 0 Å². The summed E-state index contributed by atoms with van der Waals surface area (Å²) < 4.78 is 10.7. The van der Waals surface area contributed by atoms with Crippen LogP contribution in [-0.4, -0.2) is 49.5 Å². The molecule has 0 bridgehead atoms. The van der Waals surface area contributed by atoms with E-state index in [4.69, 9.17) is 9.15 Å². The number of amides is 2. The van der Waals surface area contributed by atoms with Crippen molar-refractivity contribution in [3.8, 4) is 5.75 Å². The Balaban J connectivity index is 1.71. The van der Waals surface area contributed by atoms with Crippen molar-refractivity contribution in [1.82, 2.24) is 15.5 Å². The summed E-state index contributed by atoms with van der Waals surface area (Å²) in [6.07, 6.45) is 3.73. The summed E-state index contributed by atoms with van der Waals surface area (Å²) in [6.45, 7) is 6.23. The van der Waals surface area contributed by atoms with Gasteiger partial charge in [-0.25, -0.2) is 0 Å². The molecule has 2 amide bonds. The van der Waals surface area contributed by atoms with Crippen LogP contribution in [-0.2, 0) is 4.79 Å². The van der Waals surface area contributed by atoms with Gasteiger partial charge in [-0.05, 0) is 50.0 Å². The standard InChI is InChI=1S/C23H31N3O4/c1-16(2)21(25-22(27)20-11-8-14-30-20)23(28)24-15-18(26-12-6-7-13-26)17-9-4-5-10-19(17)29-3/h4-5,8-11,14,16,18,21H,6-7,12-13,15H2,1-3H3,(H,24,28)(H,25,27). The lowest BCUT2D eigenvalue weighted by atomic mass is 10.0. The third kappa shape index (κ3) is 5.21. The number of likely N-dealkylation sites (tertiary alicyclic amines) is 1. The Morgan fingerprint density at radius 1 is 1.13 bits per heavy atom. The maximum absolute atomic E-state index is 13.0. The Labute approximate surface area is 177 Å². The van der Waals surface area contributed by atoms with E-state index in [0.717, 1.165) is 37.2 Å². The molecule has 1 aromatic heterocycles. The molecule has 7 heteroatoms. The molecule has 2 N–H and O–H groups in total. The highest BCUT2D eigenvalue weighted by molar-refractivity contribution is 5.95. The maximum Gasteiger partial charge on any atom is 0.287 e. The fraction of sp³-hybridized carbons (Fsp3) is 0.478. The second-order valence-electron chi connectivity index (χ2n) is 7.92. The van der Waals surface area contributed by atoms with Crippen molar-refractivity contribution in [2.75, 3.05) is 26.7 Å². The molecular formula is C23H31N3O4. The van der Waals surface area contributed by atoms with Gasteiger partial charge in [0, 0.05) is 12.1 Å². The van der Waals surface area contributed by atoms with Crippen molar-refractivity contribution >= 4 is 11.8 Å². The smallest absolute Gasteiger partial charge is 0.287 e. The quantitative estimate of drug-likeness (QED) is 0.660. The van der Waals surface area contributed by atoms with E-state index in [1.54, 1.807) is 19.2 Å². The van der Waals surface area contributed by atoms with Crippen molar-refractivity contribution < 1.29 is 18.7 Å². The molecule has 1 saturated heterocycles. The Morgan fingerprint density at radius 3 is 2.50 bits per heavy atom. The van der Waals surface area contributed by atoms with E-state index < -0.39 is 11.9 Å². The zero-order valence-electron chi connectivity index (χ0n) is 17.9. The molecule has 1 aliphatic heterocycles. The van der Waals surface area contributed by atoms with E-state index in [0.29, 0.717) is 6.54 Å². The minimum atomic E-state index is -0.653. The number of carbonyl (C=O) groups excluding carboxylic acids is 2. The first-order valence-corrected chi connectivity index (χ1v) is 10.5. The van der Waals surface area contributed by atoms with Gasteiger partial charge >= 0.3 is 0 Å². The van der Waals surface area contributed by atoms with Crippen LogP contribution in [0.5, 0.6) is 5.75 Å². The summed E-state index contributed by atoms with van der Waals surface area (Å²) >= 11 is 0. The first-order valence-electron chi connectivity index (χ1n) is 10.5. The molecule has 1 aliphatic rings. The highest BCUT2D eigenvalue weighted by atomic mass is 16.5. The number of methoxy groups -OCH3 is 1. The average molecular weight is 414 g/mol. The summed E-state index contributed by atoms with van der Waals surface area (Å²) in [5, 5.41) is 5.85. The summed E-state index contributed by atoms with van der Waals surface area (Å²) in [5.41, 5.74) is 1.06. The van der Waals surface area contributed by atoms with Crippen molar-refractivity contribution in [3.05, 3.63) is 54.0 Å². The van der Waals surface area contributed by atoms with E-state index in [1.807, 2.05) is 38.1 Å². The number of carbonyl (C=O) groups is 2. The zero-order valence-corrected chi connectivity index (χ0v) is 17.9. The molecule has 0 saturated carbocycles. The van der Waals surface area contributed by atoms with Gasteiger partial charge in [0.25, 0.3) is 5.91 Å². The zero-order chi connectivity index (χ0) is 21.5. The molecule has 1 aromatic carbocycles. The monoisotopic (exact) mass is 413 g/mol. The molecule has 0 radical (unpaired) electrons. The normalized spacial score (nSPS) is 16.3. The lowest BCUT2D eigenvalue weighted by Gasteiger charge is -2.30. The molecule has 0 spiro atoms. The van der Waals surface area contributed by atoms with Gasteiger partial charge in [-0.1, -0.05) is 32.0 Å². The van der Waals surface area contributed by atoms with Gasteiger partial charge < -0.3 is 19.8 Å². The molecule has 1 fully saturated rings. The second kappa shape index (κ2) is 10.3. The minimum absolute atomic E-state index is 0.0150. The van der Waals surface area contributed by atoms with Gasteiger partial charge in [-0.2, -0.15) is 0 Å². The SMILES string of the molecule is COc1ccccc1C(CNC(=O)C(NC(=O)c1ccco1)C(C)C)N1CCCC1. The number of furan rings is 1. The van der Waals surface area contributed by atoms with Gasteiger partial charge in [-0.3, -0.25) is 14.5 Å². The Hall–Kier alpha value is -2.80. The summed E-state index contributed by atoms with van der Waals surface area (Å²) in [6, 6.07) is 10.5. The van der Waals surface area contributed by atoms with Crippen LogP contribution in [0.4, 0.5) is 0 Å². The lowest BCUT2D eigenvalue weighted by molar-refractivity contribution is -0.124. The lowest BCUT2D eigenvalue weighted by Crippen LogP contribution is -2.51. The Bertz CT molecular complexity index is 829. The number of nitrogens with one attached hydrogen (secondary N) is 2. The first-order chi connectivity index (χ1) is 14.5. The van der Waals surface area contributed by atoms with Gasteiger partial charge in [0.2, 0.25) is 5.91 Å². The van der Waals surface area contributed by atoms with Gasteiger partial charge in [0.15, 0.2) is 5.76 Å². The van der Waals surface area contributed by atoms with E-state index in [1.165, 1.54) is 6.26 Å². The van der Waals surface area contributed by atoms with Gasteiger partial charge in [0.1, 0.15) is 11.8 Å². The third-order valence-electron chi connectivity index (χ3n) is 5.53. The van der Waals surface area contributed by atoms with Crippen LogP contribution >= 0.6 is 0 Å². The number of nitrogens with zero attached hydrogens (tertiary/aromatic N) is 1. The first kappa shape index (κ1) is 21.9. The molecule has 2 atom stereocenters. The van der Waals surface area contributed by atoms with E-state index >= 15 is 0 Å². The molecule has 7 nitrogen and oxygen atoms in total. The van der Waals surface area contributed by atoms with Crippen molar-refractivity contribution in [2.45, 2.75) is 38.8 Å². The summed E-state index contributed by atoms with van der Waals surface area (Å²) in [7, 11) is 1.66. The molecule has 0 aliphatic carbocycles. The van der Waals surface area contributed by atoms with Crippen molar-refractivity contribution in [2.24, 2.45) is 5.92 Å². The number of rotatable bonds is 9. The average Bonchev–Trinajstić information content (AvgIpc) is 3.46. The number of ether oxygens (including phenoxy) is 1. The molecule has 3 rings (SSSR count). The van der Waals surface area contributed by atoms with Gasteiger partial charge in [-0.15, -0.1) is 0 Å². The Morgan fingerprint density at radius 2 is 1.87 bits per heavy atom. The largest absolute Gasteiger partial charge is 0.496 e. The Kier molecular flexibility index (Phi) is 7.52. The number of hydrogen-bond donors (Lipinski definition) is 2. The van der Waals surface area contributed by atoms with Crippen LogP contribution < -0.4 is 15.4 Å². The molecule has 2 aromatic rings. The predicted octanol–water partition coefficient (Wildman–Crippen LogP) is 3.00. The maximum atomic E-state index is 13.0. The fourth-order valence-electron chi connectivity index (χ4n) is 3.89. The van der Waals surface area contributed by atoms with E-state index in [9.17, 15) is 9.59 Å². The number of benzene rings is 1. The highest BCUT2D eigenvalue weighted by Gasteiger charge is 2.29. The summed E-state index contributed by atoms with van der Waals surface area (Å²) in [4.78, 5) is 27.7. The molecule has 162 valence electrons. The van der Waals surface area contributed by atoms with Gasteiger partial charge in [0.05, 0.1) is 19.4 Å². The molecule has 2 unspecified atom stereocenters. The highest BCUT2D eigenvalue weighted by Crippen LogP contribution is 2.31. The van der Waals surface area contributed by atoms with Crippen LogP contribution in [0.3, 0.4) is 0 Å². The molecule has 2 heterocycles. The predicted molar refractivity (Wildman–Crippen MR) is 114 cm³/mol. The molecular weight excluding hydrogens is 382 g/mol. The summed E-state index contributed by atoms with van der Waals surface area (Å²) in [5.74, 6) is 0.340. The van der Waals surface area contributed by atoms with Crippen molar-refractivity contribution in [1.29, 1.82) is 0 Å². The minimum Gasteiger partial charge on any atom is -0.496 e. The van der Waals surface area contributed by atoms with Crippen molar-refractivity contribution in [3.63, 3.8) is 0 Å². The van der Waals surface area contributed by atoms with E-state index in [-0.39, 0.29) is 23.6 Å². The van der Waals surface area contributed by atoms with Crippen LogP contribution in [0.25, 0.3) is 0 Å². The topological polar surface area (TPSA) is 83.8 Å². The fourth-order valence-corrected chi connectivity index (χ4v) is 3.89. The van der Waals surface area contributed by atoms with Crippen LogP contribution in [0, 0.1) is 5.92 Å². The second-order valence-corrected chi connectivity index (χ2v) is 7.92. The number of para-hydroxylation sites is 1. The van der Waals surface area contributed by atoms with Crippen LogP contribution in [0.1, 0.15) is 48.8 Å².